The summed E-state index contributed by atoms with van der Waals surface area (Å²) in [6, 6.07) is 4.39. The fraction of sp³-hybridized carbons (Fsp3) is 0.333. The lowest BCUT2D eigenvalue weighted by atomic mass is 10.3. The van der Waals surface area contributed by atoms with Gasteiger partial charge in [-0.3, -0.25) is 10.1 Å². The summed E-state index contributed by atoms with van der Waals surface area (Å²) < 4.78 is 0. The van der Waals surface area contributed by atoms with Gasteiger partial charge in [0.1, 0.15) is 0 Å². The standard InChI is InChI=1S/C9H10ClNO3S/c1-6(5-12)15-9-4-7(10)2-3-8(9)11(13)14/h2-4,6,12H,5H2,1H3. The number of nitro groups is 1. The van der Waals surface area contributed by atoms with Crippen molar-refractivity contribution in [2.75, 3.05) is 6.61 Å². The molecule has 1 rings (SSSR count). The third-order valence-electron chi connectivity index (χ3n) is 1.70. The molecule has 0 aromatic heterocycles. The third-order valence-corrected chi connectivity index (χ3v) is 3.07. The van der Waals surface area contributed by atoms with Gasteiger partial charge in [0.15, 0.2) is 0 Å². The number of nitro benzene ring substituents is 1. The van der Waals surface area contributed by atoms with Crippen molar-refractivity contribution < 1.29 is 10.0 Å². The first-order chi connectivity index (χ1) is 7.04. The van der Waals surface area contributed by atoms with Gasteiger partial charge in [0.2, 0.25) is 0 Å². The van der Waals surface area contributed by atoms with Crippen molar-refractivity contribution in [3.05, 3.63) is 33.3 Å². The molecule has 1 unspecified atom stereocenters. The van der Waals surface area contributed by atoms with Crippen LogP contribution in [0.25, 0.3) is 0 Å². The molecular formula is C9H10ClNO3S. The summed E-state index contributed by atoms with van der Waals surface area (Å²) in [7, 11) is 0. The van der Waals surface area contributed by atoms with Crippen LogP contribution >= 0.6 is 23.4 Å². The Morgan fingerprint density at radius 2 is 2.33 bits per heavy atom. The van der Waals surface area contributed by atoms with Crippen molar-refractivity contribution in [2.45, 2.75) is 17.1 Å². The zero-order chi connectivity index (χ0) is 11.4. The summed E-state index contributed by atoms with van der Waals surface area (Å²) in [6.45, 7) is 1.75. The Morgan fingerprint density at radius 3 is 2.87 bits per heavy atom. The van der Waals surface area contributed by atoms with Crippen molar-refractivity contribution in [3.8, 4) is 0 Å². The number of aliphatic hydroxyl groups is 1. The van der Waals surface area contributed by atoms with E-state index in [0.717, 1.165) is 0 Å². The molecule has 0 amide bonds. The first kappa shape index (κ1) is 12.3. The minimum absolute atomic E-state index is 0.0182. The normalized spacial score (nSPS) is 12.5. The zero-order valence-electron chi connectivity index (χ0n) is 8.01. The van der Waals surface area contributed by atoms with Crippen LogP contribution in [0.5, 0.6) is 0 Å². The van der Waals surface area contributed by atoms with E-state index >= 15 is 0 Å². The number of hydrogen-bond donors (Lipinski definition) is 1. The largest absolute Gasteiger partial charge is 0.395 e. The molecule has 0 fully saturated rings. The van der Waals surface area contributed by atoms with Gasteiger partial charge in [0.25, 0.3) is 5.69 Å². The van der Waals surface area contributed by atoms with Crippen LogP contribution in [0, 0.1) is 10.1 Å². The van der Waals surface area contributed by atoms with Gasteiger partial charge in [0, 0.05) is 16.3 Å². The van der Waals surface area contributed by atoms with Crippen LogP contribution in [0.1, 0.15) is 6.92 Å². The number of halogens is 1. The van der Waals surface area contributed by atoms with Crippen LogP contribution in [-0.2, 0) is 0 Å². The van der Waals surface area contributed by atoms with Gasteiger partial charge in [-0.05, 0) is 12.1 Å². The Labute approximate surface area is 96.4 Å². The highest BCUT2D eigenvalue weighted by atomic mass is 35.5. The maximum atomic E-state index is 10.7. The van der Waals surface area contributed by atoms with E-state index < -0.39 is 4.92 Å². The van der Waals surface area contributed by atoms with Crippen LogP contribution in [0.3, 0.4) is 0 Å². The second kappa shape index (κ2) is 5.34. The van der Waals surface area contributed by atoms with Gasteiger partial charge in [-0.1, -0.05) is 18.5 Å². The Bertz CT molecular complexity index is 372. The van der Waals surface area contributed by atoms with Crippen molar-refractivity contribution in [1.82, 2.24) is 0 Å². The smallest absolute Gasteiger partial charge is 0.282 e. The van der Waals surface area contributed by atoms with Gasteiger partial charge in [-0.15, -0.1) is 11.8 Å². The lowest BCUT2D eigenvalue weighted by Crippen LogP contribution is -2.02. The van der Waals surface area contributed by atoms with Crippen LogP contribution in [0.4, 0.5) is 5.69 Å². The molecule has 0 bridgehead atoms. The molecule has 15 heavy (non-hydrogen) atoms. The van der Waals surface area contributed by atoms with E-state index in [1.807, 2.05) is 0 Å². The Hall–Kier alpha value is -0.780. The maximum Gasteiger partial charge on any atom is 0.282 e. The number of aliphatic hydroxyl groups excluding tert-OH is 1. The summed E-state index contributed by atoms with van der Waals surface area (Å²) in [5.74, 6) is 0. The Morgan fingerprint density at radius 1 is 1.67 bits per heavy atom. The lowest BCUT2D eigenvalue weighted by Gasteiger charge is -2.07. The molecule has 0 radical (unpaired) electrons. The van der Waals surface area contributed by atoms with E-state index in [1.54, 1.807) is 6.92 Å². The number of hydrogen-bond acceptors (Lipinski definition) is 4. The van der Waals surface area contributed by atoms with E-state index in [2.05, 4.69) is 0 Å². The zero-order valence-corrected chi connectivity index (χ0v) is 9.59. The molecule has 0 aliphatic rings. The number of thioether (sulfide) groups is 1. The predicted octanol–water partition coefficient (Wildman–Crippen LogP) is 2.72. The summed E-state index contributed by atoms with van der Waals surface area (Å²) in [4.78, 5) is 10.7. The van der Waals surface area contributed by atoms with Gasteiger partial charge in [0.05, 0.1) is 16.4 Å². The molecule has 0 saturated carbocycles. The second-order valence-corrected chi connectivity index (χ2v) is 4.90. The highest BCUT2D eigenvalue weighted by Gasteiger charge is 2.16. The van der Waals surface area contributed by atoms with Gasteiger partial charge < -0.3 is 5.11 Å². The van der Waals surface area contributed by atoms with Crippen molar-refractivity contribution >= 4 is 29.1 Å². The molecular weight excluding hydrogens is 238 g/mol. The fourth-order valence-corrected chi connectivity index (χ4v) is 2.19. The van der Waals surface area contributed by atoms with E-state index in [-0.39, 0.29) is 17.5 Å². The van der Waals surface area contributed by atoms with E-state index in [4.69, 9.17) is 16.7 Å². The topological polar surface area (TPSA) is 63.4 Å². The summed E-state index contributed by atoms with van der Waals surface area (Å²) in [6.07, 6.45) is 0. The highest BCUT2D eigenvalue weighted by molar-refractivity contribution is 8.00. The molecule has 0 aliphatic carbocycles. The molecule has 1 aromatic carbocycles. The molecule has 6 heteroatoms. The number of rotatable bonds is 4. The molecule has 1 aromatic rings. The minimum atomic E-state index is -0.456. The summed E-state index contributed by atoms with van der Waals surface area (Å²) in [5.41, 5.74) is 0.0182. The Kier molecular flexibility index (Phi) is 4.38. The first-order valence-electron chi connectivity index (χ1n) is 4.26. The van der Waals surface area contributed by atoms with Crippen LogP contribution in [0.2, 0.25) is 5.02 Å². The SMILES string of the molecule is CC(CO)Sc1cc(Cl)ccc1[N+](=O)[O-]. The highest BCUT2D eigenvalue weighted by Crippen LogP contribution is 2.33. The van der Waals surface area contributed by atoms with Crippen LogP contribution in [0.15, 0.2) is 23.1 Å². The predicted molar refractivity (Wildman–Crippen MR) is 60.5 cm³/mol. The average Bonchev–Trinajstić information content (AvgIpc) is 2.17. The van der Waals surface area contributed by atoms with E-state index in [9.17, 15) is 10.1 Å². The monoisotopic (exact) mass is 247 g/mol. The van der Waals surface area contributed by atoms with Crippen molar-refractivity contribution in [1.29, 1.82) is 0 Å². The first-order valence-corrected chi connectivity index (χ1v) is 5.52. The van der Waals surface area contributed by atoms with Crippen molar-refractivity contribution in [2.24, 2.45) is 0 Å². The summed E-state index contributed by atoms with van der Waals surface area (Å²) >= 11 is 6.99. The molecule has 82 valence electrons. The molecule has 0 saturated heterocycles. The minimum Gasteiger partial charge on any atom is -0.395 e. The molecule has 0 aliphatic heterocycles. The van der Waals surface area contributed by atoms with Gasteiger partial charge >= 0.3 is 0 Å². The fourth-order valence-electron chi connectivity index (χ4n) is 0.987. The van der Waals surface area contributed by atoms with Crippen LogP contribution < -0.4 is 0 Å². The quantitative estimate of drug-likeness (QED) is 0.505. The maximum absolute atomic E-state index is 10.7. The lowest BCUT2D eigenvalue weighted by molar-refractivity contribution is -0.387. The van der Waals surface area contributed by atoms with E-state index in [1.165, 1.54) is 30.0 Å². The third kappa shape index (κ3) is 3.37. The Balaban J connectivity index is 3.02. The molecule has 4 nitrogen and oxygen atoms in total. The van der Waals surface area contributed by atoms with Crippen molar-refractivity contribution in [3.63, 3.8) is 0 Å². The van der Waals surface area contributed by atoms with Gasteiger partial charge in [-0.25, -0.2) is 0 Å². The number of nitrogens with zero attached hydrogens (tertiary/aromatic N) is 1. The molecule has 0 heterocycles. The molecule has 1 atom stereocenters. The second-order valence-electron chi connectivity index (χ2n) is 2.98. The summed E-state index contributed by atoms with van der Waals surface area (Å²) in [5, 5.41) is 19.9. The number of benzene rings is 1. The van der Waals surface area contributed by atoms with E-state index in [0.29, 0.717) is 9.92 Å². The molecule has 1 N–H and O–H groups in total. The molecule has 0 spiro atoms. The average molecular weight is 248 g/mol. The van der Waals surface area contributed by atoms with Gasteiger partial charge in [-0.2, -0.15) is 0 Å². The van der Waals surface area contributed by atoms with Crippen LogP contribution in [-0.4, -0.2) is 21.9 Å².